The van der Waals surface area contributed by atoms with Crippen LogP contribution in [0.2, 0.25) is 0 Å². The largest absolute Gasteiger partial charge is 0.493 e. The molecule has 3 N–H and O–H groups in total. The first-order valence-electron chi connectivity index (χ1n) is 14.7. The van der Waals surface area contributed by atoms with E-state index in [9.17, 15) is 28.7 Å². The number of halogens is 1. The van der Waals surface area contributed by atoms with E-state index in [1.807, 2.05) is 25.1 Å². The van der Waals surface area contributed by atoms with Crippen LogP contribution in [0.1, 0.15) is 70.6 Å². The van der Waals surface area contributed by atoms with Crippen LogP contribution in [0.4, 0.5) is 4.39 Å². The van der Waals surface area contributed by atoms with Crippen LogP contribution in [-0.2, 0) is 25.7 Å². The third-order valence-electron chi connectivity index (χ3n) is 7.85. The first-order chi connectivity index (χ1) is 20.3. The van der Waals surface area contributed by atoms with Gasteiger partial charge in [-0.2, -0.15) is 0 Å². The number of unbranched alkanes of at least 4 members (excludes halogenated alkanes) is 2. The molecule has 2 aliphatic rings. The van der Waals surface area contributed by atoms with Crippen molar-refractivity contribution >= 4 is 35.3 Å². The second-order valence-electron chi connectivity index (χ2n) is 12.5. The number of aliphatic hydroxyl groups is 1. The molecule has 234 valence electrons. The van der Waals surface area contributed by atoms with Gasteiger partial charge in [0.05, 0.1) is 28.8 Å². The van der Waals surface area contributed by atoms with Gasteiger partial charge in [0, 0.05) is 31.5 Å². The average molecular weight is 617 g/mol. The fourth-order valence-electron chi connectivity index (χ4n) is 5.08. The molecule has 2 heterocycles. The molecule has 0 bridgehead atoms. The zero-order valence-corrected chi connectivity index (χ0v) is 26.0. The van der Waals surface area contributed by atoms with Crippen LogP contribution in [-0.4, -0.2) is 76.0 Å². The minimum atomic E-state index is -1.95. The Morgan fingerprint density at radius 1 is 1.28 bits per heavy atom. The van der Waals surface area contributed by atoms with Crippen molar-refractivity contribution in [2.75, 3.05) is 13.2 Å². The molecule has 1 aromatic heterocycles. The van der Waals surface area contributed by atoms with Gasteiger partial charge in [0.2, 0.25) is 11.8 Å². The molecule has 0 radical (unpaired) electrons. The van der Waals surface area contributed by atoms with Gasteiger partial charge in [-0.15, -0.1) is 11.3 Å². The zero-order valence-electron chi connectivity index (χ0n) is 25.2. The Morgan fingerprint density at radius 2 is 2.02 bits per heavy atom. The van der Waals surface area contributed by atoms with Crippen LogP contribution >= 0.6 is 11.3 Å². The molecular formula is C31H41FN4O6S. The molecule has 3 atom stereocenters. The normalized spacial score (nSPS) is 19.9. The molecule has 1 aliphatic carbocycles. The maximum absolute atomic E-state index is 14.4. The predicted octanol–water partition coefficient (Wildman–Crippen LogP) is 3.48. The summed E-state index contributed by atoms with van der Waals surface area (Å²) >= 11 is 1.52. The highest BCUT2D eigenvalue weighted by Gasteiger charge is 2.53. The highest BCUT2D eigenvalue weighted by molar-refractivity contribution is 7.13. The van der Waals surface area contributed by atoms with Crippen molar-refractivity contribution in [2.45, 2.75) is 96.6 Å². The number of alkyl halides is 1. The van der Waals surface area contributed by atoms with Crippen LogP contribution < -0.4 is 15.4 Å². The standard InChI is InChI=1S/C31H41FN4O6S/c1-19-25(43-18-34-19)20-8-9-21(24(14-20)42-13-7-5-6-12-37)16-33-27(39)23-15-22(38)17-36(23)28(40)26(30(2,3)4)35-29(41)31(32)10-11-31/h8-9,12,14,18,22-23,26,38H,5-7,10-11,13,15-17H2,1-4H3,(H,33,39)(H,35,41)/t22?,23?,26-/m1/s1. The Hall–Kier alpha value is -3.38. The summed E-state index contributed by atoms with van der Waals surface area (Å²) in [5.74, 6) is -1.22. The van der Waals surface area contributed by atoms with Gasteiger partial charge in [0.15, 0.2) is 5.67 Å². The number of amides is 3. The number of nitrogens with one attached hydrogen (secondary N) is 2. The molecule has 0 spiro atoms. The van der Waals surface area contributed by atoms with Crippen LogP contribution in [0.15, 0.2) is 23.7 Å². The molecule has 2 unspecified atom stereocenters. The number of nitrogens with zero attached hydrogens (tertiary/aromatic N) is 2. The highest BCUT2D eigenvalue weighted by Crippen LogP contribution is 2.40. The van der Waals surface area contributed by atoms with E-state index in [0.717, 1.165) is 28.0 Å². The lowest BCUT2D eigenvalue weighted by Gasteiger charge is -2.35. The predicted molar refractivity (Wildman–Crippen MR) is 160 cm³/mol. The van der Waals surface area contributed by atoms with Crippen LogP contribution in [0.5, 0.6) is 5.75 Å². The number of aromatic nitrogens is 1. The third kappa shape index (κ3) is 7.97. The summed E-state index contributed by atoms with van der Waals surface area (Å²) in [6, 6.07) is 3.68. The average Bonchev–Trinajstić information content (AvgIpc) is 3.37. The van der Waals surface area contributed by atoms with Gasteiger partial charge in [-0.05, 0) is 49.7 Å². The van der Waals surface area contributed by atoms with Crippen molar-refractivity contribution < 1.29 is 33.4 Å². The summed E-state index contributed by atoms with van der Waals surface area (Å²) in [5, 5.41) is 15.9. The number of ether oxygens (including phenoxy) is 1. The van der Waals surface area contributed by atoms with Gasteiger partial charge in [-0.25, -0.2) is 9.37 Å². The zero-order chi connectivity index (χ0) is 31.4. The number of β-amino-alcohol motifs (C(OH)–C–C–N with tert-alkyl or cyclic N) is 1. The number of likely N-dealkylation sites (tertiary alicyclic amines) is 1. The Morgan fingerprint density at radius 3 is 2.65 bits per heavy atom. The SMILES string of the molecule is Cc1ncsc1-c1ccc(CNC(=O)C2CC(O)CN2C(=O)[C@@H](NC(=O)C2(F)CC2)C(C)(C)C)c(OCCCCC=O)c1. The van der Waals surface area contributed by atoms with E-state index in [2.05, 4.69) is 15.6 Å². The van der Waals surface area contributed by atoms with Crippen molar-refractivity contribution in [3.8, 4) is 16.2 Å². The molecule has 12 heteroatoms. The van der Waals surface area contributed by atoms with E-state index in [1.165, 1.54) is 16.2 Å². The lowest BCUT2D eigenvalue weighted by Crippen LogP contribution is -2.59. The molecule has 1 saturated carbocycles. The Kier molecular flexibility index (Phi) is 10.2. The van der Waals surface area contributed by atoms with E-state index >= 15 is 0 Å². The smallest absolute Gasteiger partial charge is 0.258 e. The van der Waals surface area contributed by atoms with E-state index in [4.69, 9.17) is 4.74 Å². The van der Waals surface area contributed by atoms with Gasteiger partial charge in [-0.3, -0.25) is 14.4 Å². The van der Waals surface area contributed by atoms with Gasteiger partial charge in [0.25, 0.3) is 5.91 Å². The number of hydrogen-bond donors (Lipinski definition) is 3. The number of carbonyl (C=O) groups is 4. The second kappa shape index (κ2) is 13.5. The van der Waals surface area contributed by atoms with Crippen molar-refractivity contribution in [1.82, 2.24) is 20.5 Å². The molecule has 4 rings (SSSR count). The van der Waals surface area contributed by atoms with Crippen molar-refractivity contribution in [3.63, 3.8) is 0 Å². The number of rotatable bonds is 13. The molecule has 2 fully saturated rings. The second-order valence-corrected chi connectivity index (χ2v) is 13.3. The van der Waals surface area contributed by atoms with E-state index in [0.29, 0.717) is 31.6 Å². The van der Waals surface area contributed by atoms with Crippen molar-refractivity contribution in [1.29, 1.82) is 0 Å². The van der Waals surface area contributed by atoms with Gasteiger partial charge >= 0.3 is 0 Å². The molecular weight excluding hydrogens is 575 g/mol. The number of carbonyl (C=O) groups excluding carboxylic acids is 4. The maximum Gasteiger partial charge on any atom is 0.258 e. The summed E-state index contributed by atoms with van der Waals surface area (Å²) in [4.78, 5) is 56.9. The summed E-state index contributed by atoms with van der Waals surface area (Å²) in [5.41, 5.74) is 1.62. The van der Waals surface area contributed by atoms with E-state index in [1.54, 1.807) is 26.3 Å². The van der Waals surface area contributed by atoms with E-state index in [-0.39, 0.29) is 32.4 Å². The summed E-state index contributed by atoms with van der Waals surface area (Å²) in [6.45, 7) is 7.64. The summed E-state index contributed by atoms with van der Waals surface area (Å²) < 4.78 is 20.5. The van der Waals surface area contributed by atoms with Gasteiger partial charge in [0.1, 0.15) is 24.1 Å². The lowest BCUT2D eigenvalue weighted by atomic mass is 9.85. The Labute approximate surface area is 255 Å². The molecule has 10 nitrogen and oxygen atoms in total. The number of thiazole rings is 1. The minimum absolute atomic E-state index is 0.0408. The summed E-state index contributed by atoms with van der Waals surface area (Å²) in [7, 11) is 0. The van der Waals surface area contributed by atoms with E-state index < -0.39 is 47.0 Å². The number of aryl methyl sites for hydroxylation is 1. The first kappa shape index (κ1) is 32.5. The highest BCUT2D eigenvalue weighted by atomic mass is 32.1. The fraction of sp³-hybridized carbons (Fsp3) is 0.581. The minimum Gasteiger partial charge on any atom is -0.493 e. The first-order valence-corrected chi connectivity index (χ1v) is 15.6. The molecule has 3 amide bonds. The van der Waals surface area contributed by atoms with Crippen molar-refractivity contribution in [2.24, 2.45) is 5.41 Å². The van der Waals surface area contributed by atoms with Crippen molar-refractivity contribution in [3.05, 3.63) is 35.0 Å². The van der Waals surface area contributed by atoms with Crippen LogP contribution in [0, 0.1) is 12.3 Å². The third-order valence-corrected chi connectivity index (χ3v) is 8.83. The van der Waals surface area contributed by atoms with Gasteiger partial charge < -0.3 is 30.2 Å². The van der Waals surface area contributed by atoms with Crippen LogP contribution in [0.25, 0.3) is 10.4 Å². The molecule has 1 aromatic carbocycles. The molecule has 2 aromatic rings. The maximum atomic E-state index is 14.4. The Bertz CT molecular complexity index is 1340. The molecule has 1 saturated heterocycles. The Balaban J connectivity index is 1.48. The molecule has 43 heavy (non-hydrogen) atoms. The fourth-order valence-corrected chi connectivity index (χ4v) is 5.89. The molecule has 1 aliphatic heterocycles. The quantitative estimate of drug-likeness (QED) is 0.231. The summed E-state index contributed by atoms with van der Waals surface area (Å²) in [6.07, 6.45) is 2.10. The lowest BCUT2D eigenvalue weighted by molar-refractivity contribution is -0.145. The number of aldehydes is 1. The number of benzene rings is 1. The van der Waals surface area contributed by atoms with Gasteiger partial charge in [-0.1, -0.05) is 32.9 Å². The number of hydrogen-bond acceptors (Lipinski definition) is 8. The monoisotopic (exact) mass is 616 g/mol. The number of aliphatic hydroxyl groups excluding tert-OH is 1. The topological polar surface area (TPSA) is 138 Å². The van der Waals surface area contributed by atoms with Crippen LogP contribution in [0.3, 0.4) is 0 Å².